The SMILES string of the molecule is COC(=O)CC(N)C(=O)N1CCC(CCC(C)C(C)C)CC1. The van der Waals surface area contributed by atoms with E-state index in [-0.39, 0.29) is 12.3 Å². The van der Waals surface area contributed by atoms with Crippen LogP contribution in [0.4, 0.5) is 0 Å². The number of methoxy groups -OCH3 is 1. The molecule has 2 unspecified atom stereocenters. The van der Waals surface area contributed by atoms with Crippen molar-refractivity contribution in [1.29, 1.82) is 0 Å². The number of carbonyl (C=O) groups is 2. The summed E-state index contributed by atoms with van der Waals surface area (Å²) in [5.74, 6) is 1.64. The van der Waals surface area contributed by atoms with Crippen LogP contribution in [0.3, 0.4) is 0 Å². The zero-order chi connectivity index (χ0) is 16.7. The van der Waals surface area contributed by atoms with Gasteiger partial charge in [0.2, 0.25) is 5.91 Å². The number of esters is 1. The van der Waals surface area contributed by atoms with Gasteiger partial charge in [0.05, 0.1) is 19.6 Å². The molecule has 128 valence electrons. The Morgan fingerprint density at radius 1 is 1.23 bits per heavy atom. The molecule has 2 N–H and O–H groups in total. The Balaban J connectivity index is 2.32. The van der Waals surface area contributed by atoms with E-state index < -0.39 is 12.0 Å². The van der Waals surface area contributed by atoms with Crippen molar-refractivity contribution in [3.05, 3.63) is 0 Å². The Morgan fingerprint density at radius 3 is 2.32 bits per heavy atom. The molecular formula is C17H32N2O3. The summed E-state index contributed by atoms with van der Waals surface area (Å²) in [4.78, 5) is 25.2. The molecule has 1 amide bonds. The normalized spacial score (nSPS) is 19.1. The molecule has 0 radical (unpaired) electrons. The Hall–Kier alpha value is -1.10. The minimum atomic E-state index is -0.773. The highest BCUT2D eigenvalue weighted by Gasteiger charge is 2.27. The van der Waals surface area contributed by atoms with Gasteiger partial charge in [-0.1, -0.05) is 33.6 Å². The number of hydrogen-bond donors (Lipinski definition) is 1. The van der Waals surface area contributed by atoms with E-state index in [1.54, 1.807) is 4.90 Å². The van der Waals surface area contributed by atoms with E-state index >= 15 is 0 Å². The first kappa shape index (κ1) is 18.9. The van der Waals surface area contributed by atoms with E-state index in [1.807, 2.05) is 0 Å². The summed E-state index contributed by atoms with van der Waals surface area (Å²) in [7, 11) is 1.31. The second-order valence-corrected chi connectivity index (χ2v) is 6.95. The number of nitrogens with two attached hydrogens (primary N) is 1. The maximum absolute atomic E-state index is 12.2. The highest BCUT2D eigenvalue weighted by atomic mass is 16.5. The van der Waals surface area contributed by atoms with Crippen molar-refractivity contribution < 1.29 is 14.3 Å². The second kappa shape index (κ2) is 9.13. The lowest BCUT2D eigenvalue weighted by Gasteiger charge is -2.34. The van der Waals surface area contributed by atoms with Crippen LogP contribution in [0.25, 0.3) is 0 Å². The third-order valence-corrected chi connectivity index (χ3v) is 5.03. The molecule has 0 saturated carbocycles. The predicted molar refractivity (Wildman–Crippen MR) is 87.1 cm³/mol. The molecule has 2 atom stereocenters. The van der Waals surface area contributed by atoms with Crippen LogP contribution in [0.2, 0.25) is 0 Å². The fourth-order valence-corrected chi connectivity index (χ4v) is 2.86. The van der Waals surface area contributed by atoms with Crippen molar-refractivity contribution in [3.63, 3.8) is 0 Å². The number of carbonyl (C=O) groups excluding carboxylic acids is 2. The number of hydrogen-bond acceptors (Lipinski definition) is 4. The molecule has 1 rings (SSSR count). The highest BCUT2D eigenvalue weighted by Crippen LogP contribution is 2.26. The summed E-state index contributed by atoms with van der Waals surface area (Å²) in [6.07, 6.45) is 4.55. The number of likely N-dealkylation sites (tertiary alicyclic amines) is 1. The minimum Gasteiger partial charge on any atom is -0.469 e. The van der Waals surface area contributed by atoms with Crippen molar-refractivity contribution in [2.75, 3.05) is 20.2 Å². The van der Waals surface area contributed by atoms with E-state index in [4.69, 9.17) is 5.73 Å². The van der Waals surface area contributed by atoms with E-state index in [9.17, 15) is 9.59 Å². The van der Waals surface area contributed by atoms with E-state index in [1.165, 1.54) is 20.0 Å². The van der Waals surface area contributed by atoms with Crippen LogP contribution in [0, 0.1) is 17.8 Å². The predicted octanol–water partition coefficient (Wildman–Crippen LogP) is 2.19. The van der Waals surface area contributed by atoms with Gasteiger partial charge < -0.3 is 15.4 Å². The van der Waals surface area contributed by atoms with Gasteiger partial charge in [0.15, 0.2) is 0 Å². The zero-order valence-corrected chi connectivity index (χ0v) is 14.5. The standard InChI is InChI=1S/C17H32N2O3/c1-12(2)13(3)5-6-14-7-9-19(10-8-14)17(21)15(18)11-16(20)22-4/h12-15H,5-11,18H2,1-4H3. The molecule has 1 saturated heterocycles. The Bertz CT molecular complexity index is 363. The molecule has 0 aromatic carbocycles. The monoisotopic (exact) mass is 312 g/mol. The van der Waals surface area contributed by atoms with Gasteiger partial charge in [-0.25, -0.2) is 0 Å². The van der Waals surface area contributed by atoms with Crippen LogP contribution in [0.5, 0.6) is 0 Å². The van der Waals surface area contributed by atoms with Gasteiger partial charge in [-0.3, -0.25) is 9.59 Å². The fourth-order valence-electron chi connectivity index (χ4n) is 2.86. The lowest BCUT2D eigenvalue weighted by atomic mass is 9.85. The van der Waals surface area contributed by atoms with Crippen LogP contribution < -0.4 is 5.73 Å². The van der Waals surface area contributed by atoms with Crippen LogP contribution in [0.15, 0.2) is 0 Å². The maximum atomic E-state index is 12.2. The number of amides is 1. The lowest BCUT2D eigenvalue weighted by molar-refractivity contribution is -0.145. The number of nitrogens with zero attached hydrogens (tertiary/aromatic N) is 1. The van der Waals surface area contributed by atoms with Crippen molar-refractivity contribution in [1.82, 2.24) is 4.90 Å². The zero-order valence-electron chi connectivity index (χ0n) is 14.5. The summed E-state index contributed by atoms with van der Waals surface area (Å²) in [5.41, 5.74) is 5.80. The lowest BCUT2D eigenvalue weighted by Crippen LogP contribution is -2.48. The summed E-state index contributed by atoms with van der Waals surface area (Å²) >= 11 is 0. The molecule has 1 heterocycles. The molecule has 1 aliphatic rings. The van der Waals surface area contributed by atoms with Crippen LogP contribution in [0.1, 0.15) is 52.9 Å². The molecule has 1 fully saturated rings. The fraction of sp³-hybridized carbons (Fsp3) is 0.882. The molecular weight excluding hydrogens is 280 g/mol. The molecule has 5 heteroatoms. The summed E-state index contributed by atoms with van der Waals surface area (Å²) < 4.78 is 4.56. The average molecular weight is 312 g/mol. The van der Waals surface area contributed by atoms with E-state index in [0.29, 0.717) is 5.92 Å². The number of ether oxygens (including phenoxy) is 1. The first-order valence-corrected chi connectivity index (χ1v) is 8.46. The van der Waals surface area contributed by atoms with Crippen LogP contribution in [-0.2, 0) is 14.3 Å². The quantitative estimate of drug-likeness (QED) is 0.731. The smallest absolute Gasteiger partial charge is 0.307 e. The van der Waals surface area contributed by atoms with Gasteiger partial charge in [0.1, 0.15) is 0 Å². The summed E-state index contributed by atoms with van der Waals surface area (Å²) in [6, 6.07) is -0.773. The van der Waals surface area contributed by atoms with Crippen molar-refractivity contribution in [3.8, 4) is 0 Å². The third kappa shape index (κ3) is 5.95. The molecule has 22 heavy (non-hydrogen) atoms. The molecule has 0 aliphatic carbocycles. The summed E-state index contributed by atoms with van der Waals surface area (Å²) in [5, 5.41) is 0. The molecule has 0 aromatic heterocycles. The van der Waals surface area contributed by atoms with Crippen molar-refractivity contribution >= 4 is 11.9 Å². The van der Waals surface area contributed by atoms with E-state index in [2.05, 4.69) is 25.5 Å². The maximum Gasteiger partial charge on any atom is 0.307 e. The largest absolute Gasteiger partial charge is 0.469 e. The minimum absolute atomic E-state index is 0.0405. The van der Waals surface area contributed by atoms with Gasteiger partial charge >= 0.3 is 5.97 Å². The van der Waals surface area contributed by atoms with Crippen LogP contribution in [-0.4, -0.2) is 43.0 Å². The molecule has 0 aromatic rings. The molecule has 1 aliphatic heterocycles. The Kier molecular flexibility index (Phi) is 7.87. The van der Waals surface area contributed by atoms with Gasteiger partial charge in [-0.15, -0.1) is 0 Å². The van der Waals surface area contributed by atoms with Crippen LogP contribution >= 0.6 is 0 Å². The second-order valence-electron chi connectivity index (χ2n) is 6.95. The van der Waals surface area contributed by atoms with Crippen molar-refractivity contribution in [2.24, 2.45) is 23.5 Å². The highest BCUT2D eigenvalue weighted by molar-refractivity contribution is 5.86. The third-order valence-electron chi connectivity index (χ3n) is 5.03. The van der Waals surface area contributed by atoms with Gasteiger partial charge in [-0.2, -0.15) is 0 Å². The molecule has 0 spiro atoms. The van der Waals surface area contributed by atoms with Gasteiger partial charge in [-0.05, 0) is 30.6 Å². The number of piperidine rings is 1. The first-order chi connectivity index (χ1) is 10.3. The Morgan fingerprint density at radius 2 is 1.82 bits per heavy atom. The Labute approximate surface area is 134 Å². The van der Waals surface area contributed by atoms with Crippen molar-refractivity contribution in [2.45, 2.75) is 58.9 Å². The summed E-state index contributed by atoms with van der Waals surface area (Å²) in [6.45, 7) is 8.38. The topological polar surface area (TPSA) is 72.6 Å². The molecule has 0 bridgehead atoms. The first-order valence-electron chi connectivity index (χ1n) is 8.46. The van der Waals surface area contributed by atoms with Gasteiger partial charge in [0.25, 0.3) is 0 Å². The number of rotatable bonds is 7. The average Bonchev–Trinajstić information content (AvgIpc) is 2.51. The molecule has 5 nitrogen and oxygen atoms in total. The van der Waals surface area contributed by atoms with E-state index in [0.717, 1.165) is 37.8 Å². The van der Waals surface area contributed by atoms with Gasteiger partial charge in [0, 0.05) is 13.1 Å².